The smallest absolute Gasteiger partial charge is 0.132 e. The van der Waals surface area contributed by atoms with Crippen LogP contribution in [-0.4, -0.2) is 23.8 Å². The van der Waals surface area contributed by atoms with E-state index in [1.165, 1.54) is 29.6 Å². The molecule has 126 valence electrons. The van der Waals surface area contributed by atoms with E-state index in [-0.39, 0.29) is 5.60 Å². The van der Waals surface area contributed by atoms with Crippen molar-refractivity contribution in [1.29, 1.82) is 0 Å². The summed E-state index contributed by atoms with van der Waals surface area (Å²) in [5, 5.41) is 14.1. The first-order valence-corrected chi connectivity index (χ1v) is 8.93. The van der Waals surface area contributed by atoms with Crippen LogP contribution in [0.25, 0.3) is 5.57 Å². The Bertz CT molecular complexity index is 631. The molecule has 0 saturated heterocycles. The summed E-state index contributed by atoms with van der Waals surface area (Å²) in [6.45, 7) is 10.5. The average Bonchev–Trinajstić information content (AvgIpc) is 2.51. The zero-order chi connectivity index (χ0) is 16.6. The molecule has 0 saturated carbocycles. The summed E-state index contributed by atoms with van der Waals surface area (Å²) >= 11 is 0. The van der Waals surface area contributed by atoms with Gasteiger partial charge in [-0.1, -0.05) is 26.7 Å². The second-order valence-electron chi connectivity index (χ2n) is 7.45. The molecule has 0 aliphatic carbocycles. The molecule has 0 radical (unpaired) electrons. The Morgan fingerprint density at radius 2 is 2.13 bits per heavy atom. The molecule has 0 bridgehead atoms. The van der Waals surface area contributed by atoms with Crippen molar-refractivity contribution in [2.24, 2.45) is 0 Å². The van der Waals surface area contributed by atoms with Crippen LogP contribution in [-0.2, 0) is 0 Å². The average molecular weight is 315 g/mol. The van der Waals surface area contributed by atoms with Gasteiger partial charge >= 0.3 is 0 Å². The fourth-order valence-corrected chi connectivity index (χ4v) is 3.89. The summed E-state index contributed by atoms with van der Waals surface area (Å²) in [6, 6.07) is 4.09. The molecule has 3 rings (SSSR count). The molecule has 2 N–H and O–H groups in total. The molecule has 3 nitrogen and oxygen atoms in total. The number of benzene rings is 1. The van der Waals surface area contributed by atoms with Crippen molar-refractivity contribution < 1.29 is 9.84 Å². The third kappa shape index (κ3) is 2.99. The monoisotopic (exact) mass is 315 g/mol. The number of hydrogen-bond acceptors (Lipinski definition) is 3. The topological polar surface area (TPSA) is 41.5 Å². The van der Waals surface area contributed by atoms with Crippen LogP contribution in [0.3, 0.4) is 0 Å². The lowest BCUT2D eigenvalue weighted by Crippen LogP contribution is -2.40. The number of hydrogen-bond donors (Lipinski definition) is 2. The zero-order valence-corrected chi connectivity index (χ0v) is 14.8. The zero-order valence-electron chi connectivity index (χ0n) is 14.8. The first kappa shape index (κ1) is 16.4. The van der Waals surface area contributed by atoms with Crippen LogP contribution in [0.5, 0.6) is 11.5 Å². The standard InChI is InChI=1S/C20H29NO2/c1-5-6-7-13(2)14-10-17(22)19-15-12-21-9-8-16(15)20(3,4)23-18(19)11-14/h10-11,13,21-22H,5-9,12H2,1-4H3. The lowest BCUT2D eigenvalue weighted by atomic mass is 9.81. The maximum atomic E-state index is 10.7. The van der Waals surface area contributed by atoms with Crippen molar-refractivity contribution in [2.45, 2.75) is 64.9 Å². The van der Waals surface area contributed by atoms with Gasteiger partial charge in [-0.3, -0.25) is 0 Å². The van der Waals surface area contributed by atoms with Gasteiger partial charge in [0.1, 0.15) is 17.1 Å². The molecular weight excluding hydrogens is 286 g/mol. The lowest BCUT2D eigenvalue weighted by Gasteiger charge is -2.40. The Kier molecular flexibility index (Phi) is 4.41. The summed E-state index contributed by atoms with van der Waals surface area (Å²) in [6.07, 6.45) is 4.54. The second-order valence-corrected chi connectivity index (χ2v) is 7.45. The van der Waals surface area contributed by atoms with Crippen LogP contribution < -0.4 is 10.1 Å². The van der Waals surface area contributed by atoms with Crippen molar-refractivity contribution in [1.82, 2.24) is 5.32 Å². The van der Waals surface area contributed by atoms with Crippen molar-refractivity contribution in [3.05, 3.63) is 28.8 Å². The third-order valence-corrected chi connectivity index (χ3v) is 5.27. The van der Waals surface area contributed by atoms with Crippen LogP contribution in [0.2, 0.25) is 0 Å². The molecule has 0 amide bonds. The molecule has 2 aliphatic heterocycles. The Labute approximate surface area is 139 Å². The number of aromatic hydroxyl groups is 1. The van der Waals surface area contributed by atoms with Crippen LogP contribution in [0.15, 0.2) is 17.7 Å². The second kappa shape index (κ2) is 6.20. The summed E-state index contributed by atoms with van der Waals surface area (Å²) in [5.74, 6) is 1.65. The van der Waals surface area contributed by atoms with Crippen molar-refractivity contribution in [3.63, 3.8) is 0 Å². The van der Waals surface area contributed by atoms with Gasteiger partial charge in [0.25, 0.3) is 0 Å². The van der Waals surface area contributed by atoms with E-state index in [0.717, 1.165) is 37.2 Å². The van der Waals surface area contributed by atoms with E-state index in [2.05, 4.69) is 39.1 Å². The Morgan fingerprint density at radius 1 is 1.35 bits per heavy atom. The van der Waals surface area contributed by atoms with E-state index in [1.54, 1.807) is 0 Å². The molecule has 2 aliphatic rings. The maximum absolute atomic E-state index is 10.7. The van der Waals surface area contributed by atoms with E-state index in [0.29, 0.717) is 11.7 Å². The van der Waals surface area contributed by atoms with Crippen LogP contribution in [0, 0.1) is 0 Å². The number of phenolic OH excluding ortho intramolecular Hbond substituents is 1. The molecule has 0 spiro atoms. The maximum Gasteiger partial charge on any atom is 0.132 e. The fourth-order valence-electron chi connectivity index (χ4n) is 3.89. The molecule has 3 heteroatoms. The molecule has 1 atom stereocenters. The number of ether oxygens (including phenoxy) is 1. The Balaban J connectivity index is 2.04. The van der Waals surface area contributed by atoms with E-state index in [4.69, 9.17) is 4.74 Å². The highest BCUT2D eigenvalue weighted by Crippen LogP contribution is 2.47. The molecule has 0 fully saturated rings. The van der Waals surface area contributed by atoms with Crippen molar-refractivity contribution in [2.75, 3.05) is 13.1 Å². The van der Waals surface area contributed by atoms with Gasteiger partial charge in [0.05, 0.1) is 5.56 Å². The van der Waals surface area contributed by atoms with Crippen LogP contribution >= 0.6 is 0 Å². The predicted molar refractivity (Wildman–Crippen MR) is 95.2 cm³/mol. The third-order valence-electron chi connectivity index (χ3n) is 5.27. The first-order valence-electron chi connectivity index (χ1n) is 8.93. The van der Waals surface area contributed by atoms with E-state index >= 15 is 0 Å². The summed E-state index contributed by atoms with van der Waals surface area (Å²) in [5.41, 5.74) is 4.34. The Hall–Kier alpha value is -1.48. The fraction of sp³-hybridized carbons (Fsp3) is 0.600. The quantitative estimate of drug-likeness (QED) is 0.853. The normalized spacial score (nSPS) is 20.5. The minimum Gasteiger partial charge on any atom is -0.507 e. The van der Waals surface area contributed by atoms with Crippen LogP contribution in [0.1, 0.15) is 70.4 Å². The van der Waals surface area contributed by atoms with Crippen molar-refractivity contribution >= 4 is 5.57 Å². The number of rotatable bonds is 4. The number of phenols is 1. The highest BCUT2D eigenvalue weighted by atomic mass is 16.5. The summed E-state index contributed by atoms with van der Waals surface area (Å²) in [4.78, 5) is 0. The van der Waals surface area contributed by atoms with Crippen LogP contribution in [0.4, 0.5) is 0 Å². The number of nitrogens with one attached hydrogen (secondary N) is 1. The Morgan fingerprint density at radius 3 is 2.87 bits per heavy atom. The van der Waals surface area contributed by atoms with E-state index < -0.39 is 0 Å². The molecule has 1 aromatic rings. The first-order chi connectivity index (χ1) is 10.9. The van der Waals surface area contributed by atoms with E-state index in [1.807, 2.05) is 6.07 Å². The highest BCUT2D eigenvalue weighted by Gasteiger charge is 2.37. The minimum atomic E-state index is -0.290. The van der Waals surface area contributed by atoms with Gasteiger partial charge < -0.3 is 15.2 Å². The van der Waals surface area contributed by atoms with Gasteiger partial charge in [0.15, 0.2) is 0 Å². The summed E-state index contributed by atoms with van der Waals surface area (Å²) < 4.78 is 6.32. The minimum absolute atomic E-state index is 0.290. The SMILES string of the molecule is CCCCC(C)c1cc(O)c2c(c1)OC(C)(C)C1=C2CNCC1. The van der Waals surface area contributed by atoms with Gasteiger partial charge in [-0.05, 0) is 68.0 Å². The molecule has 1 aromatic carbocycles. The number of unbranched alkanes of at least 4 members (excludes halogenated alkanes) is 1. The van der Waals surface area contributed by atoms with Gasteiger partial charge in [-0.2, -0.15) is 0 Å². The number of fused-ring (bicyclic) bond motifs is 2. The van der Waals surface area contributed by atoms with Gasteiger partial charge in [-0.25, -0.2) is 0 Å². The largest absolute Gasteiger partial charge is 0.507 e. The van der Waals surface area contributed by atoms with Gasteiger partial charge in [0, 0.05) is 6.54 Å². The lowest BCUT2D eigenvalue weighted by molar-refractivity contribution is 0.137. The van der Waals surface area contributed by atoms with E-state index in [9.17, 15) is 5.11 Å². The molecule has 0 aromatic heterocycles. The van der Waals surface area contributed by atoms with Crippen molar-refractivity contribution in [3.8, 4) is 11.5 Å². The summed E-state index contributed by atoms with van der Waals surface area (Å²) in [7, 11) is 0. The highest BCUT2D eigenvalue weighted by molar-refractivity contribution is 5.82. The molecule has 1 unspecified atom stereocenters. The molecule has 2 heterocycles. The van der Waals surface area contributed by atoms with Gasteiger partial charge in [-0.15, -0.1) is 0 Å². The molecular formula is C20H29NO2. The van der Waals surface area contributed by atoms with Gasteiger partial charge in [0.2, 0.25) is 0 Å². The molecule has 23 heavy (non-hydrogen) atoms. The predicted octanol–water partition coefficient (Wildman–Crippen LogP) is 4.60.